The van der Waals surface area contributed by atoms with Gasteiger partial charge in [0.25, 0.3) is 5.91 Å². The number of benzene rings is 2. The number of amides is 1. The molecule has 0 fully saturated rings. The van der Waals surface area contributed by atoms with Crippen molar-refractivity contribution in [2.45, 2.75) is 6.92 Å². The minimum absolute atomic E-state index is 0.0489. The first-order chi connectivity index (χ1) is 16.4. The van der Waals surface area contributed by atoms with Gasteiger partial charge in [-0.3, -0.25) is 4.79 Å². The fourth-order valence-corrected chi connectivity index (χ4v) is 3.81. The number of rotatable bonds is 6. The predicted octanol–water partition coefficient (Wildman–Crippen LogP) is 5.25. The van der Waals surface area contributed by atoms with E-state index in [0.29, 0.717) is 27.8 Å². The number of carbonyl (C=O) groups is 2. The number of aromatic nitrogens is 3. The fraction of sp³-hybridized carbons (Fsp3) is 0.0833. The zero-order valence-corrected chi connectivity index (χ0v) is 19.5. The van der Waals surface area contributed by atoms with Gasteiger partial charge in [0.05, 0.1) is 33.6 Å². The van der Waals surface area contributed by atoms with Gasteiger partial charge >= 0.3 is 5.97 Å². The summed E-state index contributed by atoms with van der Waals surface area (Å²) in [5, 5.41) is 7.54. The van der Waals surface area contributed by atoms with Crippen LogP contribution >= 0.6 is 23.2 Å². The number of hydrogen-bond acceptors (Lipinski definition) is 6. The number of anilines is 2. The molecule has 3 N–H and O–H groups in total. The van der Waals surface area contributed by atoms with E-state index < -0.39 is 11.9 Å². The van der Waals surface area contributed by atoms with Crippen molar-refractivity contribution < 1.29 is 14.3 Å². The molecule has 34 heavy (non-hydrogen) atoms. The molecule has 1 amide bonds. The van der Waals surface area contributed by atoms with E-state index in [2.05, 4.69) is 15.4 Å². The number of nitrogens with zero attached hydrogens (tertiary/aromatic N) is 3. The van der Waals surface area contributed by atoms with Crippen molar-refractivity contribution in [2.75, 3.05) is 17.7 Å². The molecule has 2 aromatic heterocycles. The van der Waals surface area contributed by atoms with Crippen molar-refractivity contribution in [2.24, 2.45) is 0 Å². The standard InChI is InChI=1S/C24H19Cl2N5O3/c1-2-34-24(33)20-13-22(31(30-20)14-7-4-3-5-8-14)29-23(32)16-11-15(17(25)12-18(16)26)19-9-6-10-21(27)28-19/h3-13H,2H2,1H3,(H2,27,28)(H,29,32). The predicted molar refractivity (Wildman–Crippen MR) is 132 cm³/mol. The van der Waals surface area contributed by atoms with Gasteiger partial charge < -0.3 is 15.8 Å². The Kier molecular flexibility index (Phi) is 6.81. The summed E-state index contributed by atoms with van der Waals surface area (Å²) >= 11 is 12.7. The van der Waals surface area contributed by atoms with E-state index in [4.69, 9.17) is 33.7 Å². The minimum Gasteiger partial charge on any atom is -0.461 e. The van der Waals surface area contributed by atoms with Crippen LogP contribution in [0, 0.1) is 0 Å². The van der Waals surface area contributed by atoms with Crippen LogP contribution in [-0.4, -0.2) is 33.2 Å². The molecule has 0 aliphatic carbocycles. The quantitative estimate of drug-likeness (QED) is 0.353. The van der Waals surface area contributed by atoms with Crippen LogP contribution in [-0.2, 0) is 4.74 Å². The lowest BCUT2D eigenvalue weighted by Crippen LogP contribution is -2.16. The van der Waals surface area contributed by atoms with Gasteiger partial charge in [0.15, 0.2) is 5.69 Å². The maximum Gasteiger partial charge on any atom is 0.358 e. The maximum absolute atomic E-state index is 13.2. The molecular weight excluding hydrogens is 477 g/mol. The van der Waals surface area contributed by atoms with Crippen LogP contribution < -0.4 is 11.1 Å². The van der Waals surface area contributed by atoms with Gasteiger partial charge in [-0.05, 0) is 43.3 Å². The van der Waals surface area contributed by atoms with Crippen LogP contribution in [0.5, 0.6) is 0 Å². The van der Waals surface area contributed by atoms with E-state index in [-0.39, 0.29) is 28.7 Å². The highest BCUT2D eigenvalue weighted by atomic mass is 35.5. The maximum atomic E-state index is 13.2. The first kappa shape index (κ1) is 23.3. The summed E-state index contributed by atoms with van der Waals surface area (Å²) in [5.41, 5.74) is 7.62. The molecule has 0 bridgehead atoms. The van der Waals surface area contributed by atoms with Crippen LogP contribution in [0.2, 0.25) is 10.0 Å². The molecule has 10 heteroatoms. The number of nitrogens with one attached hydrogen (secondary N) is 1. The molecule has 0 aliphatic rings. The van der Waals surface area contributed by atoms with Crippen molar-refractivity contribution in [1.29, 1.82) is 0 Å². The summed E-state index contributed by atoms with van der Waals surface area (Å²) in [7, 11) is 0. The molecule has 0 aliphatic heterocycles. The monoisotopic (exact) mass is 495 g/mol. The second-order valence-corrected chi connectivity index (χ2v) is 7.91. The number of carbonyl (C=O) groups excluding carboxylic acids is 2. The van der Waals surface area contributed by atoms with E-state index in [0.717, 1.165) is 0 Å². The number of ether oxygens (including phenoxy) is 1. The Hall–Kier alpha value is -3.88. The van der Waals surface area contributed by atoms with Gasteiger partial charge in [0.1, 0.15) is 11.6 Å². The van der Waals surface area contributed by atoms with Crippen molar-refractivity contribution >= 4 is 46.7 Å². The second kappa shape index (κ2) is 9.94. The highest BCUT2D eigenvalue weighted by molar-refractivity contribution is 6.38. The largest absolute Gasteiger partial charge is 0.461 e. The molecule has 0 unspecified atom stereocenters. The van der Waals surface area contributed by atoms with Crippen LogP contribution in [0.1, 0.15) is 27.8 Å². The van der Waals surface area contributed by atoms with Gasteiger partial charge in [0, 0.05) is 11.6 Å². The fourth-order valence-electron chi connectivity index (χ4n) is 3.25. The summed E-state index contributed by atoms with van der Waals surface area (Å²) in [6.07, 6.45) is 0. The smallest absolute Gasteiger partial charge is 0.358 e. The summed E-state index contributed by atoms with van der Waals surface area (Å²) < 4.78 is 6.49. The Morgan fingerprint density at radius 1 is 1.03 bits per heavy atom. The molecule has 0 spiro atoms. The van der Waals surface area contributed by atoms with E-state index in [1.807, 2.05) is 18.2 Å². The van der Waals surface area contributed by atoms with E-state index in [1.165, 1.54) is 22.9 Å². The normalized spacial score (nSPS) is 10.7. The SMILES string of the molecule is CCOC(=O)c1cc(NC(=O)c2cc(-c3cccc(N)n3)c(Cl)cc2Cl)n(-c2ccccc2)n1. The number of halogens is 2. The number of pyridine rings is 1. The molecule has 0 atom stereocenters. The third-order valence-electron chi connectivity index (χ3n) is 4.78. The number of para-hydroxylation sites is 1. The average Bonchev–Trinajstić information content (AvgIpc) is 3.23. The van der Waals surface area contributed by atoms with Crippen LogP contribution in [0.15, 0.2) is 66.7 Å². The zero-order chi connectivity index (χ0) is 24.2. The van der Waals surface area contributed by atoms with Gasteiger partial charge in [-0.2, -0.15) is 5.10 Å². The molecule has 0 saturated carbocycles. The van der Waals surface area contributed by atoms with Gasteiger partial charge in [-0.15, -0.1) is 0 Å². The lowest BCUT2D eigenvalue weighted by molar-refractivity contribution is 0.0518. The van der Waals surface area contributed by atoms with Gasteiger partial charge in [-0.25, -0.2) is 14.5 Å². The number of esters is 1. The molecule has 8 nitrogen and oxygen atoms in total. The summed E-state index contributed by atoms with van der Waals surface area (Å²) in [4.78, 5) is 29.8. The zero-order valence-electron chi connectivity index (χ0n) is 18.0. The number of hydrogen-bond donors (Lipinski definition) is 2. The van der Waals surface area contributed by atoms with Crippen LogP contribution in [0.3, 0.4) is 0 Å². The number of nitrogens with two attached hydrogens (primary N) is 1. The molecule has 2 heterocycles. The molecule has 172 valence electrons. The Morgan fingerprint density at radius 2 is 1.79 bits per heavy atom. The molecule has 0 radical (unpaired) electrons. The minimum atomic E-state index is -0.604. The lowest BCUT2D eigenvalue weighted by Gasteiger charge is -2.12. The third kappa shape index (κ3) is 4.88. The molecule has 0 saturated heterocycles. The summed E-state index contributed by atoms with van der Waals surface area (Å²) in [6, 6.07) is 18.6. The van der Waals surface area contributed by atoms with E-state index >= 15 is 0 Å². The second-order valence-electron chi connectivity index (χ2n) is 7.10. The van der Waals surface area contributed by atoms with E-state index in [9.17, 15) is 9.59 Å². The Labute approximate surface area is 205 Å². The Bertz CT molecular complexity index is 1370. The number of nitrogen functional groups attached to an aromatic ring is 1. The van der Waals surface area contributed by atoms with Crippen molar-refractivity contribution in [3.8, 4) is 16.9 Å². The Morgan fingerprint density at radius 3 is 2.50 bits per heavy atom. The summed E-state index contributed by atoms with van der Waals surface area (Å²) in [6.45, 7) is 1.89. The first-order valence-electron chi connectivity index (χ1n) is 10.2. The highest BCUT2D eigenvalue weighted by Crippen LogP contribution is 2.33. The van der Waals surface area contributed by atoms with E-state index in [1.54, 1.807) is 37.3 Å². The molecule has 2 aromatic carbocycles. The van der Waals surface area contributed by atoms with Gasteiger partial charge in [0.2, 0.25) is 0 Å². The lowest BCUT2D eigenvalue weighted by atomic mass is 10.1. The Balaban J connectivity index is 1.73. The van der Waals surface area contributed by atoms with Crippen molar-refractivity contribution in [1.82, 2.24) is 14.8 Å². The van der Waals surface area contributed by atoms with Crippen molar-refractivity contribution in [3.05, 3.63) is 88.0 Å². The topological polar surface area (TPSA) is 112 Å². The average molecular weight is 496 g/mol. The highest BCUT2D eigenvalue weighted by Gasteiger charge is 2.21. The van der Waals surface area contributed by atoms with Crippen LogP contribution in [0.25, 0.3) is 16.9 Å². The molecular formula is C24H19Cl2N5O3. The van der Waals surface area contributed by atoms with Crippen molar-refractivity contribution in [3.63, 3.8) is 0 Å². The van der Waals surface area contributed by atoms with Gasteiger partial charge in [-0.1, -0.05) is 47.5 Å². The third-order valence-corrected chi connectivity index (χ3v) is 5.41. The first-order valence-corrected chi connectivity index (χ1v) is 11.0. The molecule has 4 aromatic rings. The summed E-state index contributed by atoms with van der Waals surface area (Å²) in [5.74, 6) is -0.562. The van der Waals surface area contributed by atoms with Crippen LogP contribution in [0.4, 0.5) is 11.6 Å². The molecule has 4 rings (SSSR count).